The molecule has 19 heavy (non-hydrogen) atoms. The first-order chi connectivity index (χ1) is 9.08. The van der Waals surface area contributed by atoms with Gasteiger partial charge in [-0.25, -0.2) is 0 Å². The van der Waals surface area contributed by atoms with Crippen molar-refractivity contribution in [3.8, 4) is 11.5 Å². The zero-order valence-corrected chi connectivity index (χ0v) is 10.7. The van der Waals surface area contributed by atoms with Crippen LogP contribution in [0.2, 0.25) is 0 Å². The molecule has 0 spiro atoms. The highest BCUT2D eigenvalue weighted by Gasteiger charge is 2.39. The first kappa shape index (κ1) is 12.0. The minimum absolute atomic E-state index is 0.0353. The summed E-state index contributed by atoms with van der Waals surface area (Å²) in [5, 5.41) is 3.97. The molecule has 2 aromatic rings. The molecular weight excluding hydrogens is 242 g/mol. The molecule has 98 valence electrons. The summed E-state index contributed by atoms with van der Waals surface area (Å²) in [6.45, 7) is 1.54. The Labute approximate surface area is 110 Å². The van der Waals surface area contributed by atoms with Gasteiger partial charge in [-0.05, 0) is 38.3 Å². The van der Waals surface area contributed by atoms with Crippen LogP contribution in [0.15, 0.2) is 28.8 Å². The summed E-state index contributed by atoms with van der Waals surface area (Å²) in [6, 6.07) is 7.11. The van der Waals surface area contributed by atoms with E-state index in [1.807, 2.05) is 0 Å². The van der Waals surface area contributed by atoms with Gasteiger partial charge in [0, 0.05) is 11.1 Å². The molecule has 1 heterocycles. The molecule has 1 aromatic heterocycles. The summed E-state index contributed by atoms with van der Waals surface area (Å²) in [5.41, 5.74) is 7.20. The Morgan fingerprint density at radius 1 is 1.32 bits per heavy atom. The number of hydrogen-bond donors (Lipinski definition) is 1. The number of carbonyl (C=O) groups is 1. The first-order valence-electron chi connectivity index (χ1n) is 6.33. The molecule has 3 rings (SSSR count). The summed E-state index contributed by atoms with van der Waals surface area (Å²) in [6.07, 6.45) is 2.90. The van der Waals surface area contributed by atoms with Gasteiger partial charge in [-0.15, -0.1) is 0 Å². The van der Waals surface area contributed by atoms with E-state index in [0.717, 1.165) is 24.8 Å². The minimum Gasteiger partial charge on any atom is -0.334 e. The quantitative estimate of drug-likeness (QED) is 0.853. The van der Waals surface area contributed by atoms with E-state index in [9.17, 15) is 4.79 Å². The van der Waals surface area contributed by atoms with Crippen molar-refractivity contribution in [3.63, 3.8) is 0 Å². The summed E-state index contributed by atoms with van der Waals surface area (Å²) in [7, 11) is 0. The molecule has 1 aliphatic rings. The van der Waals surface area contributed by atoms with Gasteiger partial charge >= 0.3 is 0 Å². The molecule has 0 aliphatic heterocycles. The average Bonchev–Trinajstić information content (AvgIpc) is 2.86. The molecule has 0 unspecified atom stereocenters. The van der Waals surface area contributed by atoms with Crippen LogP contribution in [-0.4, -0.2) is 15.9 Å². The number of Topliss-reactive ketones (excluding diaryl/α,β-unsaturated/α-hetero) is 1. The molecule has 1 aliphatic carbocycles. The fourth-order valence-corrected chi connectivity index (χ4v) is 2.17. The highest BCUT2D eigenvalue weighted by molar-refractivity contribution is 5.94. The highest BCUT2D eigenvalue weighted by Crippen LogP contribution is 2.37. The molecule has 0 radical (unpaired) electrons. The molecule has 5 heteroatoms. The molecule has 0 atom stereocenters. The molecule has 0 amide bonds. The van der Waals surface area contributed by atoms with Crippen molar-refractivity contribution in [2.75, 3.05) is 0 Å². The second-order valence-electron chi connectivity index (χ2n) is 5.07. The summed E-state index contributed by atoms with van der Waals surface area (Å²) >= 11 is 0. The lowest BCUT2D eigenvalue weighted by molar-refractivity contribution is 0.101. The van der Waals surface area contributed by atoms with Crippen molar-refractivity contribution in [2.45, 2.75) is 31.7 Å². The SMILES string of the molecule is CC(=O)c1ccc(-c2nc(C3(N)CCC3)no2)cc1. The van der Waals surface area contributed by atoms with Gasteiger partial charge in [0.15, 0.2) is 11.6 Å². The first-order valence-corrected chi connectivity index (χ1v) is 6.33. The number of nitrogens with zero attached hydrogens (tertiary/aromatic N) is 2. The molecule has 2 N–H and O–H groups in total. The van der Waals surface area contributed by atoms with Gasteiger partial charge in [0.2, 0.25) is 0 Å². The Kier molecular flexibility index (Phi) is 2.71. The van der Waals surface area contributed by atoms with E-state index in [-0.39, 0.29) is 5.78 Å². The van der Waals surface area contributed by atoms with Crippen LogP contribution in [0.3, 0.4) is 0 Å². The summed E-state index contributed by atoms with van der Waals surface area (Å²) in [5.74, 6) is 1.05. The third kappa shape index (κ3) is 2.06. The predicted molar refractivity (Wildman–Crippen MR) is 69.5 cm³/mol. The number of nitrogens with two attached hydrogens (primary N) is 1. The van der Waals surface area contributed by atoms with Crippen molar-refractivity contribution in [2.24, 2.45) is 5.73 Å². The van der Waals surface area contributed by atoms with E-state index in [1.165, 1.54) is 6.92 Å². The van der Waals surface area contributed by atoms with E-state index in [4.69, 9.17) is 10.3 Å². The topological polar surface area (TPSA) is 82.0 Å². The Morgan fingerprint density at radius 2 is 2.00 bits per heavy atom. The minimum atomic E-state index is -0.416. The van der Waals surface area contributed by atoms with Gasteiger partial charge < -0.3 is 10.3 Å². The normalized spacial score (nSPS) is 16.9. The monoisotopic (exact) mass is 257 g/mol. The zero-order valence-electron chi connectivity index (χ0n) is 10.7. The maximum Gasteiger partial charge on any atom is 0.257 e. The van der Waals surface area contributed by atoms with Crippen LogP contribution < -0.4 is 5.73 Å². The van der Waals surface area contributed by atoms with Crippen LogP contribution in [0.4, 0.5) is 0 Å². The third-order valence-electron chi connectivity index (χ3n) is 3.66. The standard InChI is InChI=1S/C14H15N3O2/c1-9(18)10-3-5-11(6-4-10)12-16-13(17-19-12)14(15)7-2-8-14/h3-6H,2,7-8,15H2,1H3. The van der Waals surface area contributed by atoms with Crippen molar-refractivity contribution in [1.82, 2.24) is 10.1 Å². The van der Waals surface area contributed by atoms with Gasteiger partial charge in [-0.1, -0.05) is 17.3 Å². The van der Waals surface area contributed by atoms with Gasteiger partial charge in [-0.2, -0.15) is 4.98 Å². The fourth-order valence-electron chi connectivity index (χ4n) is 2.17. The molecular formula is C14H15N3O2. The lowest BCUT2D eigenvalue weighted by atomic mass is 9.77. The predicted octanol–water partition coefficient (Wildman–Crippen LogP) is 2.28. The van der Waals surface area contributed by atoms with E-state index < -0.39 is 5.54 Å². The zero-order chi connectivity index (χ0) is 13.5. The number of rotatable bonds is 3. The Hall–Kier alpha value is -2.01. The molecule has 0 saturated heterocycles. The lowest BCUT2D eigenvalue weighted by Gasteiger charge is -2.34. The van der Waals surface area contributed by atoms with Crippen LogP contribution in [0.25, 0.3) is 11.5 Å². The van der Waals surface area contributed by atoms with Crippen molar-refractivity contribution in [3.05, 3.63) is 35.7 Å². The van der Waals surface area contributed by atoms with E-state index in [2.05, 4.69) is 10.1 Å². The number of ketones is 1. The van der Waals surface area contributed by atoms with E-state index in [1.54, 1.807) is 24.3 Å². The summed E-state index contributed by atoms with van der Waals surface area (Å²) in [4.78, 5) is 15.6. The van der Waals surface area contributed by atoms with Crippen LogP contribution >= 0.6 is 0 Å². The van der Waals surface area contributed by atoms with Gasteiger partial charge in [-0.3, -0.25) is 4.79 Å². The number of aromatic nitrogens is 2. The average molecular weight is 257 g/mol. The Bertz CT molecular complexity index is 612. The lowest BCUT2D eigenvalue weighted by Crippen LogP contribution is -2.44. The summed E-state index contributed by atoms with van der Waals surface area (Å²) < 4.78 is 5.25. The molecule has 0 bridgehead atoms. The number of carbonyl (C=O) groups excluding carboxylic acids is 1. The Morgan fingerprint density at radius 3 is 2.53 bits per heavy atom. The molecule has 1 aromatic carbocycles. The van der Waals surface area contributed by atoms with Crippen LogP contribution in [0.5, 0.6) is 0 Å². The molecule has 1 saturated carbocycles. The Balaban J connectivity index is 1.88. The third-order valence-corrected chi connectivity index (χ3v) is 3.66. The van der Waals surface area contributed by atoms with Gasteiger partial charge in [0.1, 0.15) is 0 Å². The fraction of sp³-hybridized carbons (Fsp3) is 0.357. The van der Waals surface area contributed by atoms with Crippen molar-refractivity contribution < 1.29 is 9.32 Å². The molecule has 5 nitrogen and oxygen atoms in total. The second kappa shape index (κ2) is 4.28. The highest BCUT2D eigenvalue weighted by atomic mass is 16.5. The van der Waals surface area contributed by atoms with E-state index >= 15 is 0 Å². The van der Waals surface area contributed by atoms with Gasteiger partial charge in [0.25, 0.3) is 5.89 Å². The van der Waals surface area contributed by atoms with Gasteiger partial charge in [0.05, 0.1) is 5.54 Å². The maximum atomic E-state index is 11.2. The van der Waals surface area contributed by atoms with Crippen molar-refractivity contribution in [1.29, 1.82) is 0 Å². The van der Waals surface area contributed by atoms with Crippen molar-refractivity contribution >= 4 is 5.78 Å². The maximum absolute atomic E-state index is 11.2. The molecule has 1 fully saturated rings. The van der Waals surface area contributed by atoms with Crippen LogP contribution in [-0.2, 0) is 5.54 Å². The number of benzene rings is 1. The van der Waals surface area contributed by atoms with Crippen LogP contribution in [0.1, 0.15) is 42.4 Å². The largest absolute Gasteiger partial charge is 0.334 e. The second-order valence-corrected chi connectivity index (χ2v) is 5.07. The van der Waals surface area contributed by atoms with Crippen LogP contribution in [0, 0.1) is 0 Å². The van der Waals surface area contributed by atoms with E-state index in [0.29, 0.717) is 17.3 Å². The smallest absolute Gasteiger partial charge is 0.257 e. The number of hydrogen-bond acceptors (Lipinski definition) is 5.